The number of benzene rings is 1. The third kappa shape index (κ3) is 3.02. The molecule has 0 amide bonds. The molecule has 2 aromatic rings. The fraction of sp³-hybridized carbons (Fsp3) is 0.0714. The topological polar surface area (TPSA) is 12.9 Å². The molecule has 0 aliphatic rings. The van der Waals surface area contributed by atoms with Crippen LogP contribution in [0.25, 0.3) is 17.2 Å². The summed E-state index contributed by atoms with van der Waals surface area (Å²) in [6, 6.07) is 12.3. The van der Waals surface area contributed by atoms with Gasteiger partial charge in [-0.2, -0.15) is 0 Å². The Labute approximate surface area is 95.3 Å². The van der Waals surface area contributed by atoms with E-state index in [4.69, 9.17) is 0 Å². The number of hydrogen-bond donors (Lipinski definition) is 0. The van der Waals surface area contributed by atoms with E-state index in [0.29, 0.717) is 7.18 Å². The lowest BCUT2D eigenvalue weighted by Gasteiger charge is -2.01. The summed E-state index contributed by atoms with van der Waals surface area (Å²) in [6.07, 6.45) is 5.47. The fourth-order valence-electron chi connectivity index (χ4n) is 1.36. The van der Waals surface area contributed by atoms with Crippen molar-refractivity contribution in [2.75, 3.05) is 7.18 Å². The van der Waals surface area contributed by atoms with E-state index in [9.17, 15) is 4.39 Å². The Hall–Kier alpha value is -1.96. The second-order valence-corrected chi connectivity index (χ2v) is 3.08. The molecule has 1 aromatic carbocycles. The van der Waals surface area contributed by atoms with Gasteiger partial charge in [0.25, 0.3) is 0 Å². The molecular formula is C14H14FN. The molecule has 82 valence electrons. The molecule has 0 fully saturated rings. The first-order valence-corrected chi connectivity index (χ1v) is 4.91. The Morgan fingerprint density at radius 1 is 1.06 bits per heavy atom. The molecule has 0 atom stereocenters. The van der Waals surface area contributed by atoms with Gasteiger partial charge < -0.3 is 0 Å². The molecule has 2 rings (SSSR count). The van der Waals surface area contributed by atoms with Crippen molar-refractivity contribution in [1.82, 2.24) is 4.98 Å². The zero-order chi connectivity index (χ0) is 11.8. The SMILES string of the molecule is C=Cc1cncc(-c2ccccc2)c1.CF. The van der Waals surface area contributed by atoms with Crippen molar-refractivity contribution in [3.63, 3.8) is 0 Å². The number of nitrogens with zero attached hydrogens (tertiary/aromatic N) is 1. The highest BCUT2D eigenvalue weighted by atomic mass is 19.1. The van der Waals surface area contributed by atoms with Crippen LogP contribution in [0, 0.1) is 0 Å². The molecule has 1 aromatic heterocycles. The van der Waals surface area contributed by atoms with Crippen molar-refractivity contribution in [2.45, 2.75) is 0 Å². The number of halogens is 1. The molecule has 0 radical (unpaired) electrons. The minimum absolute atomic E-state index is 0.500. The number of hydrogen-bond acceptors (Lipinski definition) is 1. The van der Waals surface area contributed by atoms with Crippen LogP contribution < -0.4 is 0 Å². The maximum absolute atomic E-state index is 9.50. The van der Waals surface area contributed by atoms with E-state index < -0.39 is 0 Å². The van der Waals surface area contributed by atoms with E-state index in [1.54, 1.807) is 12.3 Å². The van der Waals surface area contributed by atoms with Crippen molar-refractivity contribution in [3.05, 3.63) is 60.9 Å². The summed E-state index contributed by atoms with van der Waals surface area (Å²) in [7, 11) is 0.500. The van der Waals surface area contributed by atoms with Crippen LogP contribution in [0.2, 0.25) is 0 Å². The molecule has 1 nitrogen and oxygen atoms in total. The van der Waals surface area contributed by atoms with Gasteiger partial charge in [-0.05, 0) is 17.2 Å². The molecular weight excluding hydrogens is 201 g/mol. The van der Waals surface area contributed by atoms with Gasteiger partial charge in [0.2, 0.25) is 0 Å². The summed E-state index contributed by atoms with van der Waals surface area (Å²) in [5.41, 5.74) is 3.36. The minimum atomic E-state index is 0.500. The lowest BCUT2D eigenvalue weighted by molar-refractivity contribution is 0.636. The van der Waals surface area contributed by atoms with Crippen molar-refractivity contribution in [3.8, 4) is 11.1 Å². The molecule has 2 heteroatoms. The van der Waals surface area contributed by atoms with E-state index in [-0.39, 0.29) is 0 Å². The lowest BCUT2D eigenvalue weighted by Crippen LogP contribution is -1.81. The monoisotopic (exact) mass is 215 g/mol. The zero-order valence-electron chi connectivity index (χ0n) is 9.23. The van der Waals surface area contributed by atoms with Crippen molar-refractivity contribution < 1.29 is 4.39 Å². The minimum Gasteiger partial charge on any atom is -0.263 e. The van der Waals surface area contributed by atoms with Gasteiger partial charge in [0.05, 0.1) is 7.18 Å². The largest absolute Gasteiger partial charge is 0.263 e. The van der Waals surface area contributed by atoms with Crippen LogP contribution in [0.4, 0.5) is 4.39 Å². The van der Waals surface area contributed by atoms with Crippen molar-refractivity contribution >= 4 is 6.08 Å². The summed E-state index contributed by atoms with van der Waals surface area (Å²) in [5.74, 6) is 0. The molecule has 0 saturated carbocycles. The molecule has 0 spiro atoms. The van der Waals surface area contributed by atoms with E-state index in [1.165, 1.54) is 5.56 Å². The highest BCUT2D eigenvalue weighted by Gasteiger charge is 1.96. The van der Waals surface area contributed by atoms with Crippen LogP contribution in [0.15, 0.2) is 55.4 Å². The predicted octanol–water partition coefficient (Wildman–Crippen LogP) is 3.98. The summed E-state index contributed by atoms with van der Waals surface area (Å²) in [6.45, 7) is 3.73. The molecule has 16 heavy (non-hydrogen) atoms. The number of alkyl halides is 1. The number of aromatic nitrogens is 1. The fourth-order valence-corrected chi connectivity index (χ4v) is 1.36. The standard InChI is InChI=1S/C13H11N.CH3F/c1-2-11-8-13(10-14-9-11)12-6-4-3-5-7-12;1-2/h2-10H,1H2;1H3. The highest BCUT2D eigenvalue weighted by molar-refractivity contribution is 5.65. The van der Waals surface area contributed by atoms with Crippen LogP contribution in [0.3, 0.4) is 0 Å². The summed E-state index contributed by atoms with van der Waals surface area (Å²) in [4.78, 5) is 4.16. The van der Waals surface area contributed by atoms with Gasteiger partial charge in [-0.15, -0.1) is 0 Å². The molecule has 1 heterocycles. The van der Waals surface area contributed by atoms with E-state index in [2.05, 4.69) is 29.8 Å². The molecule has 0 saturated heterocycles. The highest BCUT2D eigenvalue weighted by Crippen LogP contribution is 2.18. The quantitative estimate of drug-likeness (QED) is 0.738. The first-order chi connectivity index (χ1) is 7.90. The first kappa shape index (κ1) is 12.1. The Kier molecular flexibility index (Phi) is 4.93. The number of pyridine rings is 1. The van der Waals surface area contributed by atoms with Gasteiger partial charge in [-0.25, -0.2) is 0 Å². The average molecular weight is 215 g/mol. The molecule has 0 bridgehead atoms. The van der Waals surface area contributed by atoms with Crippen LogP contribution >= 0.6 is 0 Å². The Bertz CT molecular complexity index is 437. The van der Waals surface area contributed by atoms with Gasteiger partial charge in [0.15, 0.2) is 0 Å². The first-order valence-electron chi connectivity index (χ1n) is 4.91. The van der Waals surface area contributed by atoms with E-state index >= 15 is 0 Å². The van der Waals surface area contributed by atoms with Crippen LogP contribution in [-0.4, -0.2) is 12.2 Å². The predicted molar refractivity (Wildman–Crippen MR) is 66.8 cm³/mol. The van der Waals surface area contributed by atoms with Crippen molar-refractivity contribution in [2.24, 2.45) is 0 Å². The maximum Gasteiger partial charge on any atom is 0.0785 e. The van der Waals surface area contributed by atoms with E-state index in [0.717, 1.165) is 11.1 Å². The Morgan fingerprint density at radius 2 is 1.75 bits per heavy atom. The Balaban J connectivity index is 0.000000606. The van der Waals surface area contributed by atoms with E-state index in [1.807, 2.05) is 24.4 Å². The van der Waals surface area contributed by atoms with Gasteiger partial charge in [0, 0.05) is 18.0 Å². The van der Waals surface area contributed by atoms with Crippen LogP contribution in [0.1, 0.15) is 5.56 Å². The van der Waals surface area contributed by atoms with Gasteiger partial charge in [-0.3, -0.25) is 9.37 Å². The Morgan fingerprint density at radius 3 is 2.38 bits per heavy atom. The molecule has 0 unspecified atom stereocenters. The van der Waals surface area contributed by atoms with Gasteiger partial charge >= 0.3 is 0 Å². The maximum atomic E-state index is 9.50. The molecule has 0 N–H and O–H groups in total. The zero-order valence-corrected chi connectivity index (χ0v) is 9.23. The van der Waals surface area contributed by atoms with Gasteiger partial charge in [0.1, 0.15) is 0 Å². The third-order valence-electron chi connectivity index (χ3n) is 2.10. The summed E-state index contributed by atoms with van der Waals surface area (Å²) < 4.78 is 9.50. The second kappa shape index (κ2) is 6.51. The molecule has 0 aliphatic carbocycles. The second-order valence-electron chi connectivity index (χ2n) is 3.08. The summed E-state index contributed by atoms with van der Waals surface area (Å²) in [5, 5.41) is 0. The average Bonchev–Trinajstić information content (AvgIpc) is 2.42. The smallest absolute Gasteiger partial charge is 0.0785 e. The van der Waals surface area contributed by atoms with Crippen LogP contribution in [0.5, 0.6) is 0 Å². The normalized spacial score (nSPS) is 8.88. The molecule has 0 aliphatic heterocycles. The lowest BCUT2D eigenvalue weighted by atomic mass is 10.1. The summed E-state index contributed by atoms with van der Waals surface area (Å²) >= 11 is 0. The van der Waals surface area contributed by atoms with Crippen molar-refractivity contribution in [1.29, 1.82) is 0 Å². The van der Waals surface area contributed by atoms with Crippen LogP contribution in [-0.2, 0) is 0 Å². The van der Waals surface area contributed by atoms with Gasteiger partial charge in [-0.1, -0.05) is 43.0 Å². The number of rotatable bonds is 2. The third-order valence-corrected chi connectivity index (χ3v) is 2.10.